The van der Waals surface area contributed by atoms with Crippen LogP contribution in [-0.2, 0) is 14.4 Å². The molecule has 0 bridgehead atoms. The molecule has 0 radical (unpaired) electrons. The zero-order valence-corrected chi connectivity index (χ0v) is 15.3. The Bertz CT molecular complexity index is 553. The van der Waals surface area contributed by atoms with Crippen molar-refractivity contribution in [2.45, 2.75) is 51.5 Å². The number of likely N-dealkylation sites (N-methyl/N-ethyl adjacent to an activating group) is 2. The Kier molecular flexibility index (Phi) is 6.02. The Labute approximate surface area is 148 Å². The molecule has 0 aromatic rings. The van der Waals surface area contributed by atoms with Crippen LogP contribution >= 0.6 is 0 Å². The molecular formula is C17H28N4O4. The summed E-state index contributed by atoms with van der Waals surface area (Å²) in [5, 5.41) is 2.78. The van der Waals surface area contributed by atoms with Gasteiger partial charge in [-0.25, -0.2) is 4.79 Å². The first-order valence-corrected chi connectivity index (χ1v) is 9.00. The SMILES string of the molecule is CCN(CC)C(=O)CN(C)C(=O)CN1C(=O)NC2(CCCCC2)C1=O. The molecule has 140 valence electrons. The van der Waals surface area contributed by atoms with Gasteiger partial charge in [-0.3, -0.25) is 19.3 Å². The molecule has 1 heterocycles. The molecule has 1 spiro atoms. The topological polar surface area (TPSA) is 90.0 Å². The molecule has 8 heteroatoms. The maximum Gasteiger partial charge on any atom is 0.325 e. The number of hydrogen-bond acceptors (Lipinski definition) is 4. The fraction of sp³-hybridized carbons (Fsp3) is 0.765. The molecule has 25 heavy (non-hydrogen) atoms. The van der Waals surface area contributed by atoms with E-state index in [1.165, 1.54) is 11.9 Å². The van der Waals surface area contributed by atoms with E-state index in [9.17, 15) is 19.2 Å². The van der Waals surface area contributed by atoms with Crippen LogP contribution in [0, 0.1) is 0 Å². The average molecular weight is 352 g/mol. The highest BCUT2D eigenvalue weighted by Crippen LogP contribution is 2.33. The molecule has 1 saturated heterocycles. The lowest BCUT2D eigenvalue weighted by atomic mass is 9.82. The van der Waals surface area contributed by atoms with E-state index in [0.29, 0.717) is 25.9 Å². The van der Waals surface area contributed by atoms with Gasteiger partial charge in [0.05, 0.1) is 6.54 Å². The molecule has 2 aliphatic rings. The molecule has 1 N–H and O–H groups in total. The van der Waals surface area contributed by atoms with Crippen molar-refractivity contribution >= 4 is 23.8 Å². The molecule has 1 aliphatic heterocycles. The lowest BCUT2D eigenvalue weighted by Gasteiger charge is -2.30. The molecule has 0 aromatic heterocycles. The van der Waals surface area contributed by atoms with Gasteiger partial charge in [0, 0.05) is 20.1 Å². The molecule has 1 aliphatic carbocycles. The van der Waals surface area contributed by atoms with Crippen molar-refractivity contribution in [3.05, 3.63) is 0 Å². The van der Waals surface area contributed by atoms with E-state index in [2.05, 4.69) is 5.32 Å². The monoisotopic (exact) mass is 352 g/mol. The highest BCUT2D eigenvalue weighted by atomic mass is 16.2. The van der Waals surface area contributed by atoms with Crippen molar-refractivity contribution in [3.63, 3.8) is 0 Å². The summed E-state index contributed by atoms with van der Waals surface area (Å²) in [4.78, 5) is 53.2. The third-order valence-corrected chi connectivity index (χ3v) is 5.16. The second-order valence-corrected chi connectivity index (χ2v) is 6.78. The lowest BCUT2D eigenvalue weighted by molar-refractivity contribution is -0.142. The van der Waals surface area contributed by atoms with Crippen LogP contribution in [0.1, 0.15) is 46.0 Å². The van der Waals surface area contributed by atoms with E-state index in [0.717, 1.165) is 24.2 Å². The summed E-state index contributed by atoms with van der Waals surface area (Å²) < 4.78 is 0. The maximum atomic E-state index is 12.7. The Morgan fingerprint density at radius 2 is 1.68 bits per heavy atom. The number of urea groups is 1. The molecule has 5 amide bonds. The van der Waals surface area contributed by atoms with E-state index < -0.39 is 17.5 Å². The van der Waals surface area contributed by atoms with E-state index >= 15 is 0 Å². The van der Waals surface area contributed by atoms with Crippen LogP contribution in [0.2, 0.25) is 0 Å². The quantitative estimate of drug-likeness (QED) is 0.708. The molecule has 0 atom stereocenters. The molecule has 2 fully saturated rings. The second kappa shape index (κ2) is 7.84. The summed E-state index contributed by atoms with van der Waals surface area (Å²) in [6.45, 7) is 4.52. The van der Waals surface area contributed by atoms with E-state index in [1.54, 1.807) is 4.90 Å². The Hall–Kier alpha value is -2.12. The largest absolute Gasteiger partial charge is 0.342 e. The van der Waals surface area contributed by atoms with Gasteiger partial charge >= 0.3 is 6.03 Å². The Balaban J connectivity index is 1.96. The average Bonchev–Trinajstić information content (AvgIpc) is 2.80. The fourth-order valence-electron chi connectivity index (χ4n) is 3.54. The van der Waals surface area contributed by atoms with Crippen LogP contribution < -0.4 is 5.32 Å². The maximum absolute atomic E-state index is 12.7. The standard InChI is InChI=1S/C17H28N4O4/c1-4-20(5-2)14(23)11-19(3)13(22)12-21-15(24)17(18-16(21)25)9-7-6-8-10-17/h4-12H2,1-3H3,(H,18,25). The summed E-state index contributed by atoms with van der Waals surface area (Å²) in [7, 11) is 1.51. The van der Waals surface area contributed by atoms with Gasteiger partial charge < -0.3 is 15.1 Å². The third kappa shape index (κ3) is 3.93. The number of carbonyl (C=O) groups excluding carboxylic acids is 4. The van der Waals surface area contributed by atoms with E-state index in [-0.39, 0.29) is 24.9 Å². The summed E-state index contributed by atoms with van der Waals surface area (Å²) >= 11 is 0. The molecular weight excluding hydrogens is 324 g/mol. The van der Waals surface area contributed by atoms with Crippen LogP contribution in [0.25, 0.3) is 0 Å². The van der Waals surface area contributed by atoms with Crippen molar-refractivity contribution in [1.82, 2.24) is 20.0 Å². The first-order valence-electron chi connectivity index (χ1n) is 9.00. The minimum atomic E-state index is -0.828. The van der Waals surface area contributed by atoms with Gasteiger partial charge in [-0.2, -0.15) is 0 Å². The number of carbonyl (C=O) groups is 4. The number of nitrogens with zero attached hydrogens (tertiary/aromatic N) is 3. The number of imide groups is 1. The zero-order chi connectivity index (χ0) is 18.6. The fourth-order valence-corrected chi connectivity index (χ4v) is 3.54. The summed E-state index contributed by atoms with van der Waals surface area (Å²) in [6, 6.07) is -0.510. The predicted molar refractivity (Wildman–Crippen MR) is 91.6 cm³/mol. The predicted octanol–water partition coefficient (Wildman–Crippen LogP) is 0.568. The third-order valence-electron chi connectivity index (χ3n) is 5.16. The van der Waals surface area contributed by atoms with Gasteiger partial charge in [0.25, 0.3) is 5.91 Å². The van der Waals surface area contributed by atoms with Crippen molar-refractivity contribution < 1.29 is 19.2 Å². The summed E-state index contributed by atoms with van der Waals surface area (Å²) in [6.07, 6.45) is 4.09. The molecule has 1 saturated carbocycles. The number of nitrogens with one attached hydrogen (secondary N) is 1. The molecule has 8 nitrogen and oxygen atoms in total. The minimum Gasteiger partial charge on any atom is -0.342 e. The second-order valence-electron chi connectivity index (χ2n) is 6.78. The molecule has 0 unspecified atom stereocenters. The van der Waals surface area contributed by atoms with Crippen LogP contribution in [0.5, 0.6) is 0 Å². The van der Waals surface area contributed by atoms with Gasteiger partial charge in [0.2, 0.25) is 11.8 Å². The highest BCUT2D eigenvalue weighted by Gasteiger charge is 2.51. The van der Waals surface area contributed by atoms with E-state index in [4.69, 9.17) is 0 Å². The normalized spacial score (nSPS) is 19.1. The van der Waals surface area contributed by atoms with Gasteiger partial charge in [0.15, 0.2) is 0 Å². The van der Waals surface area contributed by atoms with Crippen molar-refractivity contribution in [2.75, 3.05) is 33.2 Å². The highest BCUT2D eigenvalue weighted by molar-refractivity contribution is 6.09. The van der Waals surface area contributed by atoms with Crippen LogP contribution in [0.4, 0.5) is 4.79 Å². The van der Waals surface area contributed by atoms with Gasteiger partial charge in [-0.15, -0.1) is 0 Å². The van der Waals surface area contributed by atoms with Gasteiger partial charge in [0.1, 0.15) is 12.1 Å². The Morgan fingerprint density at radius 1 is 1.08 bits per heavy atom. The Morgan fingerprint density at radius 3 is 2.24 bits per heavy atom. The number of hydrogen-bond donors (Lipinski definition) is 1. The molecule has 2 rings (SSSR count). The minimum absolute atomic E-state index is 0.0602. The van der Waals surface area contributed by atoms with Crippen LogP contribution in [-0.4, -0.2) is 77.2 Å². The lowest BCUT2D eigenvalue weighted by Crippen LogP contribution is -2.49. The smallest absolute Gasteiger partial charge is 0.325 e. The number of amides is 5. The van der Waals surface area contributed by atoms with Crippen molar-refractivity contribution in [2.24, 2.45) is 0 Å². The van der Waals surface area contributed by atoms with Crippen molar-refractivity contribution in [3.8, 4) is 0 Å². The van der Waals surface area contributed by atoms with Gasteiger partial charge in [-0.1, -0.05) is 19.3 Å². The van der Waals surface area contributed by atoms with E-state index in [1.807, 2.05) is 13.8 Å². The molecule has 0 aromatic carbocycles. The first kappa shape index (κ1) is 19.2. The van der Waals surface area contributed by atoms with Crippen molar-refractivity contribution in [1.29, 1.82) is 0 Å². The number of rotatable bonds is 6. The first-order chi connectivity index (χ1) is 11.8. The summed E-state index contributed by atoms with van der Waals surface area (Å²) in [5.41, 5.74) is -0.828. The van der Waals surface area contributed by atoms with Gasteiger partial charge in [-0.05, 0) is 26.7 Å². The van der Waals surface area contributed by atoms with Crippen LogP contribution in [0.3, 0.4) is 0 Å². The van der Waals surface area contributed by atoms with Crippen LogP contribution in [0.15, 0.2) is 0 Å². The zero-order valence-electron chi connectivity index (χ0n) is 15.3. The summed E-state index contributed by atoms with van der Waals surface area (Å²) in [5.74, 6) is -0.882.